The van der Waals surface area contributed by atoms with Gasteiger partial charge in [0.25, 0.3) is 0 Å². The number of ether oxygens (including phenoxy) is 1. The molecule has 0 spiro atoms. The third-order valence-electron chi connectivity index (χ3n) is 3.52. The first-order valence-corrected chi connectivity index (χ1v) is 6.75. The molecule has 120 valence electrons. The minimum Gasteiger partial charge on any atom is -0.479 e. The third-order valence-corrected chi connectivity index (χ3v) is 3.52. The van der Waals surface area contributed by atoms with Crippen molar-refractivity contribution in [2.45, 2.75) is 19.1 Å². The largest absolute Gasteiger partial charge is 0.479 e. The van der Waals surface area contributed by atoms with Gasteiger partial charge in [0.05, 0.1) is 12.6 Å². The normalized spacial score (nSPS) is 12.0. The van der Waals surface area contributed by atoms with E-state index < -0.39 is 12.7 Å². The summed E-state index contributed by atoms with van der Waals surface area (Å²) in [5.41, 5.74) is 1.62. The van der Waals surface area contributed by atoms with E-state index in [9.17, 15) is 18.0 Å². The van der Waals surface area contributed by atoms with Crippen molar-refractivity contribution >= 4 is 28.2 Å². The number of aldehydes is 1. The number of benzene rings is 1. The zero-order valence-electron chi connectivity index (χ0n) is 12.1. The second-order valence-electron chi connectivity index (χ2n) is 5.00. The van der Waals surface area contributed by atoms with E-state index in [-0.39, 0.29) is 17.8 Å². The van der Waals surface area contributed by atoms with Crippen molar-refractivity contribution in [2.75, 3.05) is 7.11 Å². The van der Waals surface area contributed by atoms with Crippen LogP contribution in [-0.2, 0) is 17.8 Å². The molecule has 0 amide bonds. The number of aromatic nitrogens is 3. The molecule has 0 unspecified atom stereocenters. The second-order valence-corrected chi connectivity index (χ2v) is 5.00. The van der Waals surface area contributed by atoms with Crippen molar-refractivity contribution in [3.05, 3.63) is 30.1 Å². The van der Waals surface area contributed by atoms with Crippen molar-refractivity contribution in [2.24, 2.45) is 0 Å². The highest BCUT2D eigenvalue weighted by molar-refractivity contribution is 6.07. The Balaban J connectivity index is 2.38. The van der Waals surface area contributed by atoms with Crippen LogP contribution in [0.2, 0.25) is 0 Å². The van der Waals surface area contributed by atoms with Crippen LogP contribution in [0, 0.1) is 0 Å². The zero-order chi connectivity index (χ0) is 16.6. The van der Waals surface area contributed by atoms with E-state index in [1.165, 1.54) is 13.4 Å². The fourth-order valence-corrected chi connectivity index (χ4v) is 2.65. The molecule has 0 aliphatic carbocycles. The predicted molar refractivity (Wildman–Crippen MR) is 77.4 cm³/mol. The van der Waals surface area contributed by atoms with Gasteiger partial charge in [-0.3, -0.25) is 0 Å². The molecule has 0 N–H and O–H groups in total. The lowest BCUT2D eigenvalue weighted by atomic mass is 10.1. The molecule has 0 saturated heterocycles. The molecular weight excluding hydrogens is 311 g/mol. The van der Waals surface area contributed by atoms with Crippen LogP contribution in [0.25, 0.3) is 21.9 Å². The molecule has 0 bridgehead atoms. The Labute approximate surface area is 128 Å². The second kappa shape index (κ2) is 5.53. The maximum Gasteiger partial charge on any atom is 0.406 e. The summed E-state index contributed by atoms with van der Waals surface area (Å²) in [6.07, 6.45) is -2.23. The number of carbonyl (C=O) groups excluding carboxylic acids is 1. The summed E-state index contributed by atoms with van der Waals surface area (Å²) in [6, 6.07) is 4.86. The number of hydrogen-bond acceptors (Lipinski definition) is 4. The summed E-state index contributed by atoms with van der Waals surface area (Å²) >= 11 is 0. The molecular formula is C15H12F3N3O2. The Kier molecular flexibility index (Phi) is 3.67. The molecule has 3 aromatic rings. The highest BCUT2D eigenvalue weighted by atomic mass is 19.4. The Morgan fingerprint density at radius 2 is 2.09 bits per heavy atom. The summed E-state index contributed by atoms with van der Waals surface area (Å²) in [7, 11) is 1.34. The molecule has 0 saturated carbocycles. The summed E-state index contributed by atoms with van der Waals surface area (Å²) in [4.78, 5) is 18.7. The molecule has 2 heterocycles. The van der Waals surface area contributed by atoms with Crippen molar-refractivity contribution in [1.82, 2.24) is 14.5 Å². The molecule has 0 aliphatic rings. The first-order valence-electron chi connectivity index (χ1n) is 6.75. The summed E-state index contributed by atoms with van der Waals surface area (Å²) in [6.45, 7) is -1.18. The quantitative estimate of drug-likeness (QED) is 0.693. The fraction of sp³-hybridized carbons (Fsp3) is 0.267. The van der Waals surface area contributed by atoms with Crippen LogP contribution in [-0.4, -0.2) is 34.1 Å². The Hall–Kier alpha value is -2.64. The van der Waals surface area contributed by atoms with Gasteiger partial charge in [-0.05, 0) is 17.7 Å². The van der Waals surface area contributed by atoms with Gasteiger partial charge in [-0.2, -0.15) is 18.2 Å². The van der Waals surface area contributed by atoms with E-state index in [4.69, 9.17) is 4.74 Å². The van der Waals surface area contributed by atoms with Crippen molar-refractivity contribution in [3.8, 4) is 5.88 Å². The molecule has 0 aliphatic heterocycles. The molecule has 0 atom stereocenters. The van der Waals surface area contributed by atoms with E-state index in [2.05, 4.69) is 9.97 Å². The summed E-state index contributed by atoms with van der Waals surface area (Å²) in [5, 5.41) is 0.532. The maximum absolute atomic E-state index is 13.0. The van der Waals surface area contributed by atoms with Gasteiger partial charge in [0, 0.05) is 11.8 Å². The fourth-order valence-electron chi connectivity index (χ4n) is 2.65. The number of hydrogen-bond donors (Lipinski definition) is 0. The average Bonchev–Trinajstić information content (AvgIpc) is 2.80. The number of alkyl halides is 3. The SMILES string of the molecule is COc1ncnc2c3cc(CC=O)ccc3n(CC(F)(F)F)c12. The molecule has 0 radical (unpaired) electrons. The van der Waals surface area contributed by atoms with Crippen LogP contribution in [0.3, 0.4) is 0 Å². The van der Waals surface area contributed by atoms with E-state index in [1.807, 2.05) is 0 Å². The lowest BCUT2D eigenvalue weighted by Crippen LogP contribution is -2.17. The van der Waals surface area contributed by atoms with E-state index in [0.29, 0.717) is 22.0 Å². The number of rotatable bonds is 4. The molecule has 5 nitrogen and oxygen atoms in total. The van der Waals surface area contributed by atoms with E-state index in [1.54, 1.807) is 18.2 Å². The summed E-state index contributed by atoms with van der Waals surface area (Å²) in [5.74, 6) is 0.0763. The van der Waals surface area contributed by atoms with Gasteiger partial charge < -0.3 is 14.1 Å². The van der Waals surface area contributed by atoms with Gasteiger partial charge in [-0.1, -0.05) is 6.07 Å². The van der Waals surface area contributed by atoms with Gasteiger partial charge in [0.15, 0.2) is 0 Å². The van der Waals surface area contributed by atoms with Gasteiger partial charge in [-0.15, -0.1) is 0 Å². The monoisotopic (exact) mass is 323 g/mol. The molecule has 8 heteroatoms. The van der Waals surface area contributed by atoms with E-state index >= 15 is 0 Å². The number of fused-ring (bicyclic) bond motifs is 3. The Morgan fingerprint density at radius 1 is 1.30 bits per heavy atom. The van der Waals surface area contributed by atoms with Gasteiger partial charge >= 0.3 is 6.18 Å². The number of carbonyl (C=O) groups is 1. The van der Waals surface area contributed by atoms with Gasteiger partial charge in [0.2, 0.25) is 5.88 Å². The van der Waals surface area contributed by atoms with Crippen molar-refractivity contribution in [3.63, 3.8) is 0 Å². The van der Waals surface area contributed by atoms with Crippen LogP contribution in [0.1, 0.15) is 5.56 Å². The molecule has 0 fully saturated rings. The number of nitrogens with zero attached hydrogens (tertiary/aromatic N) is 3. The smallest absolute Gasteiger partial charge is 0.406 e. The minimum atomic E-state index is -4.40. The molecule has 1 aromatic carbocycles. The molecule has 2 aromatic heterocycles. The number of methoxy groups -OCH3 is 1. The Bertz CT molecular complexity index is 887. The minimum absolute atomic E-state index is 0.0763. The van der Waals surface area contributed by atoms with E-state index in [0.717, 1.165) is 10.9 Å². The lowest BCUT2D eigenvalue weighted by molar-refractivity contribution is -0.139. The van der Waals surface area contributed by atoms with Crippen molar-refractivity contribution < 1.29 is 22.7 Å². The first kappa shape index (κ1) is 15.3. The standard InChI is InChI=1S/C15H12F3N3O2/c1-23-14-13-12(19-8-20-14)10-6-9(4-5-22)2-3-11(10)21(13)7-15(16,17)18/h2-3,5-6,8H,4,7H2,1H3. The predicted octanol–water partition coefficient (Wildman–Crippen LogP) is 2.90. The average molecular weight is 323 g/mol. The summed E-state index contributed by atoms with van der Waals surface area (Å²) < 4.78 is 45.1. The zero-order valence-corrected chi connectivity index (χ0v) is 12.1. The topological polar surface area (TPSA) is 57.0 Å². The van der Waals surface area contributed by atoms with Crippen LogP contribution >= 0.6 is 0 Å². The van der Waals surface area contributed by atoms with Crippen molar-refractivity contribution in [1.29, 1.82) is 0 Å². The van der Waals surface area contributed by atoms with Crippen LogP contribution < -0.4 is 4.74 Å². The maximum atomic E-state index is 13.0. The highest BCUT2D eigenvalue weighted by Gasteiger charge is 2.31. The van der Waals surface area contributed by atoms with Crippen LogP contribution in [0.5, 0.6) is 5.88 Å². The third kappa shape index (κ3) is 2.71. The number of halogens is 3. The van der Waals surface area contributed by atoms with Crippen LogP contribution in [0.4, 0.5) is 13.2 Å². The van der Waals surface area contributed by atoms with Crippen LogP contribution in [0.15, 0.2) is 24.5 Å². The molecule has 3 rings (SSSR count). The van der Waals surface area contributed by atoms with Gasteiger partial charge in [0.1, 0.15) is 30.2 Å². The molecule has 23 heavy (non-hydrogen) atoms. The Morgan fingerprint density at radius 3 is 2.74 bits per heavy atom. The lowest BCUT2D eigenvalue weighted by Gasteiger charge is -2.11. The van der Waals surface area contributed by atoms with Gasteiger partial charge in [-0.25, -0.2) is 4.98 Å². The first-order chi connectivity index (χ1) is 10.9. The highest BCUT2D eigenvalue weighted by Crippen LogP contribution is 2.34.